The van der Waals surface area contributed by atoms with E-state index in [1.54, 1.807) is 0 Å². The Morgan fingerprint density at radius 3 is 2.71 bits per heavy atom. The summed E-state index contributed by atoms with van der Waals surface area (Å²) in [6, 6.07) is 0. The average Bonchev–Trinajstić information content (AvgIpc) is 2.29. The summed E-state index contributed by atoms with van der Waals surface area (Å²) in [7, 11) is 0. The smallest absolute Gasteiger partial charge is 0.0978 e. The third kappa shape index (κ3) is 2.90. The van der Waals surface area contributed by atoms with Crippen molar-refractivity contribution in [3.05, 3.63) is 24.0 Å². The second kappa shape index (κ2) is 5.23. The van der Waals surface area contributed by atoms with Gasteiger partial charge in [-0.3, -0.25) is 0 Å². The molecule has 1 nitrogen and oxygen atoms in total. The summed E-state index contributed by atoms with van der Waals surface area (Å²) in [4.78, 5) is 0. The summed E-state index contributed by atoms with van der Waals surface area (Å²) in [5, 5.41) is 0. The molecule has 0 amide bonds. The molecule has 0 radical (unpaired) electrons. The van der Waals surface area contributed by atoms with Crippen molar-refractivity contribution in [3.8, 4) is 0 Å². The molecule has 1 saturated carbocycles. The third-order valence-electron chi connectivity index (χ3n) is 3.16. The van der Waals surface area contributed by atoms with Gasteiger partial charge in [0, 0.05) is 0 Å². The van der Waals surface area contributed by atoms with Gasteiger partial charge in [-0.2, -0.15) is 0 Å². The molecule has 78 valence electrons. The van der Waals surface area contributed by atoms with Crippen molar-refractivity contribution < 1.29 is 4.74 Å². The minimum absolute atomic E-state index is 0.516. The molecule has 0 aliphatic heterocycles. The van der Waals surface area contributed by atoms with Gasteiger partial charge in [-0.05, 0) is 50.5 Å². The van der Waals surface area contributed by atoms with E-state index in [0.717, 1.165) is 6.42 Å². The van der Waals surface area contributed by atoms with E-state index in [0.29, 0.717) is 6.10 Å². The molecule has 14 heavy (non-hydrogen) atoms. The van der Waals surface area contributed by atoms with E-state index >= 15 is 0 Å². The summed E-state index contributed by atoms with van der Waals surface area (Å²) in [6.45, 7) is 0. The van der Waals surface area contributed by atoms with Crippen LogP contribution in [0.25, 0.3) is 0 Å². The van der Waals surface area contributed by atoms with Crippen LogP contribution in [0.15, 0.2) is 24.0 Å². The normalized spacial score (nSPS) is 26.7. The zero-order valence-electron chi connectivity index (χ0n) is 8.87. The molecule has 0 bridgehead atoms. The number of hydrogen-bond donors (Lipinski definition) is 0. The summed E-state index contributed by atoms with van der Waals surface area (Å²) < 4.78 is 5.83. The van der Waals surface area contributed by atoms with Gasteiger partial charge in [0.05, 0.1) is 12.4 Å². The summed E-state index contributed by atoms with van der Waals surface area (Å²) >= 11 is 0. The van der Waals surface area contributed by atoms with Gasteiger partial charge in [0.25, 0.3) is 0 Å². The van der Waals surface area contributed by atoms with Crippen molar-refractivity contribution in [3.63, 3.8) is 0 Å². The molecule has 2 aliphatic carbocycles. The average molecular weight is 192 g/mol. The minimum atomic E-state index is 0.516. The van der Waals surface area contributed by atoms with Crippen LogP contribution in [0.1, 0.15) is 51.4 Å². The SMILES string of the molecule is C1=CCC(=COC2CCCCC2)CC1. The summed E-state index contributed by atoms with van der Waals surface area (Å²) in [5.41, 5.74) is 1.47. The fraction of sp³-hybridized carbons (Fsp3) is 0.692. The van der Waals surface area contributed by atoms with E-state index in [1.165, 1.54) is 50.5 Å². The molecule has 0 aromatic carbocycles. The maximum Gasteiger partial charge on any atom is 0.0978 e. The first-order valence-electron chi connectivity index (χ1n) is 5.93. The molecule has 1 fully saturated rings. The Morgan fingerprint density at radius 1 is 1.14 bits per heavy atom. The zero-order chi connectivity index (χ0) is 9.64. The monoisotopic (exact) mass is 192 g/mol. The van der Waals surface area contributed by atoms with Crippen LogP contribution in [0, 0.1) is 0 Å². The lowest BCUT2D eigenvalue weighted by Gasteiger charge is -2.21. The highest BCUT2D eigenvalue weighted by atomic mass is 16.5. The van der Waals surface area contributed by atoms with Crippen LogP contribution in [-0.4, -0.2) is 6.10 Å². The largest absolute Gasteiger partial charge is 0.498 e. The fourth-order valence-electron chi connectivity index (χ4n) is 2.22. The maximum atomic E-state index is 5.83. The van der Waals surface area contributed by atoms with Crippen molar-refractivity contribution in [2.24, 2.45) is 0 Å². The van der Waals surface area contributed by atoms with Gasteiger partial charge >= 0.3 is 0 Å². The van der Waals surface area contributed by atoms with Crippen LogP contribution in [-0.2, 0) is 4.74 Å². The molecule has 2 rings (SSSR count). The summed E-state index contributed by atoms with van der Waals surface area (Å²) in [6.07, 6.45) is 17.2. The van der Waals surface area contributed by atoms with Crippen LogP contribution in [0.2, 0.25) is 0 Å². The van der Waals surface area contributed by atoms with E-state index in [1.807, 2.05) is 6.26 Å². The standard InChI is InChI=1S/C13H20O/c1-3-7-12(8-4-1)11-14-13-9-5-2-6-10-13/h1,3,11,13H,2,4-10H2. The number of rotatable bonds is 2. The first-order valence-corrected chi connectivity index (χ1v) is 5.93. The molecular formula is C13H20O. The summed E-state index contributed by atoms with van der Waals surface area (Å²) in [5.74, 6) is 0. The Bertz CT molecular complexity index is 221. The van der Waals surface area contributed by atoms with Crippen LogP contribution in [0.5, 0.6) is 0 Å². The molecule has 0 heterocycles. The van der Waals surface area contributed by atoms with Gasteiger partial charge in [-0.15, -0.1) is 0 Å². The van der Waals surface area contributed by atoms with Gasteiger partial charge in [0.2, 0.25) is 0 Å². The van der Waals surface area contributed by atoms with E-state index in [-0.39, 0.29) is 0 Å². The molecule has 0 spiro atoms. The molecule has 1 heteroatoms. The fourth-order valence-corrected chi connectivity index (χ4v) is 2.22. The molecule has 0 atom stereocenters. The Labute approximate surface area is 86.8 Å². The van der Waals surface area contributed by atoms with Gasteiger partial charge in [-0.1, -0.05) is 18.6 Å². The molecule has 0 saturated heterocycles. The lowest BCUT2D eigenvalue weighted by atomic mass is 9.98. The number of ether oxygens (including phenoxy) is 1. The molecule has 0 N–H and O–H groups in total. The molecule has 0 unspecified atom stereocenters. The van der Waals surface area contributed by atoms with Crippen molar-refractivity contribution in [1.82, 2.24) is 0 Å². The molecule has 2 aliphatic rings. The Hall–Kier alpha value is -0.720. The van der Waals surface area contributed by atoms with E-state index in [2.05, 4.69) is 12.2 Å². The first-order chi connectivity index (χ1) is 6.95. The van der Waals surface area contributed by atoms with Crippen LogP contribution in [0.4, 0.5) is 0 Å². The van der Waals surface area contributed by atoms with Crippen molar-refractivity contribution >= 4 is 0 Å². The van der Waals surface area contributed by atoms with Crippen LogP contribution in [0.3, 0.4) is 0 Å². The van der Waals surface area contributed by atoms with Crippen molar-refractivity contribution in [2.75, 3.05) is 0 Å². The topological polar surface area (TPSA) is 9.23 Å². The predicted molar refractivity (Wildman–Crippen MR) is 59.0 cm³/mol. The van der Waals surface area contributed by atoms with Crippen LogP contribution >= 0.6 is 0 Å². The third-order valence-corrected chi connectivity index (χ3v) is 3.16. The highest BCUT2D eigenvalue weighted by molar-refractivity contribution is 5.10. The molecular weight excluding hydrogens is 172 g/mol. The van der Waals surface area contributed by atoms with E-state index < -0.39 is 0 Å². The lowest BCUT2D eigenvalue weighted by molar-refractivity contribution is 0.104. The first kappa shape index (κ1) is 9.82. The van der Waals surface area contributed by atoms with Crippen molar-refractivity contribution in [2.45, 2.75) is 57.5 Å². The Balaban J connectivity index is 1.76. The molecule has 0 aromatic rings. The van der Waals surface area contributed by atoms with E-state index in [9.17, 15) is 0 Å². The zero-order valence-corrected chi connectivity index (χ0v) is 8.87. The quantitative estimate of drug-likeness (QED) is 0.475. The lowest BCUT2D eigenvalue weighted by Crippen LogP contribution is -2.14. The van der Waals surface area contributed by atoms with Crippen LogP contribution < -0.4 is 0 Å². The van der Waals surface area contributed by atoms with Gasteiger partial charge in [-0.25, -0.2) is 0 Å². The number of hydrogen-bond acceptors (Lipinski definition) is 1. The second-order valence-corrected chi connectivity index (χ2v) is 4.39. The Morgan fingerprint density at radius 2 is 2.00 bits per heavy atom. The second-order valence-electron chi connectivity index (χ2n) is 4.39. The van der Waals surface area contributed by atoms with E-state index in [4.69, 9.17) is 4.74 Å². The Kier molecular flexibility index (Phi) is 3.67. The predicted octanol–water partition coefficient (Wildman–Crippen LogP) is 3.96. The maximum absolute atomic E-state index is 5.83. The van der Waals surface area contributed by atoms with Gasteiger partial charge in [0.1, 0.15) is 0 Å². The minimum Gasteiger partial charge on any atom is -0.498 e. The van der Waals surface area contributed by atoms with Gasteiger partial charge < -0.3 is 4.74 Å². The number of allylic oxidation sites excluding steroid dienone is 3. The van der Waals surface area contributed by atoms with Crippen molar-refractivity contribution in [1.29, 1.82) is 0 Å². The molecule has 0 aromatic heterocycles. The highest BCUT2D eigenvalue weighted by Crippen LogP contribution is 2.22. The van der Waals surface area contributed by atoms with Gasteiger partial charge in [0.15, 0.2) is 0 Å². The highest BCUT2D eigenvalue weighted by Gasteiger charge is 2.13.